The molecule has 0 atom stereocenters. The van der Waals surface area contributed by atoms with E-state index in [2.05, 4.69) is 113 Å². The molecule has 142 valence electrons. The summed E-state index contributed by atoms with van der Waals surface area (Å²) in [6.07, 6.45) is 0. The topological polar surface area (TPSA) is 0 Å². The van der Waals surface area contributed by atoms with E-state index in [1.165, 1.54) is 47.0 Å². The number of benzene rings is 2. The second-order valence-electron chi connectivity index (χ2n) is 5.77. The van der Waals surface area contributed by atoms with Crippen LogP contribution >= 0.6 is 37.3 Å². The van der Waals surface area contributed by atoms with E-state index in [1.807, 2.05) is 0 Å². The Morgan fingerprint density at radius 3 is 1.41 bits per heavy atom. The van der Waals surface area contributed by atoms with Crippen LogP contribution in [0.4, 0.5) is 0 Å². The Kier molecular flexibility index (Phi) is 13.8. The van der Waals surface area contributed by atoms with Gasteiger partial charge in [0.2, 0.25) is 0 Å². The third-order valence-corrected chi connectivity index (χ3v) is 5.07. The fourth-order valence-corrected chi connectivity index (χ4v) is 3.68. The molecule has 0 radical (unpaired) electrons. The van der Waals surface area contributed by atoms with E-state index < -0.39 is 0 Å². The fraction of sp³-hybridized carbons (Fsp3) is 0.143. The van der Waals surface area contributed by atoms with Crippen LogP contribution in [0.2, 0.25) is 0 Å². The minimum absolute atomic E-state index is 0. The Hall–Kier alpha value is 0.383. The molecule has 27 heavy (non-hydrogen) atoms. The van der Waals surface area contributed by atoms with E-state index in [4.69, 9.17) is 0 Å². The number of hydrogen-bond donors (Lipinski definition) is 0. The second-order valence-corrected chi connectivity index (χ2v) is 11.2. The molecule has 0 nitrogen and oxygen atoms in total. The summed E-state index contributed by atoms with van der Waals surface area (Å²) in [5.41, 5.74) is 2.65. The molecule has 6 heteroatoms. The maximum absolute atomic E-state index is 3.51. The van der Waals surface area contributed by atoms with Gasteiger partial charge in [-0.25, -0.2) is 0 Å². The van der Waals surface area contributed by atoms with Crippen molar-refractivity contribution < 1.29 is 48.4 Å². The van der Waals surface area contributed by atoms with Gasteiger partial charge in [-0.1, -0.05) is 57.8 Å². The second kappa shape index (κ2) is 13.6. The van der Waals surface area contributed by atoms with Gasteiger partial charge in [0.1, 0.15) is 0 Å². The molecule has 0 saturated carbocycles. The zero-order chi connectivity index (χ0) is 18.4. The fourth-order valence-electron chi connectivity index (χ4n) is 2.69. The largest absolute Gasteiger partial charge is 1.00 e. The van der Waals surface area contributed by atoms with Gasteiger partial charge in [-0.05, 0) is 8.95 Å². The molecule has 4 rings (SSSR count). The minimum atomic E-state index is 0. The van der Waals surface area contributed by atoms with Gasteiger partial charge in [-0.3, -0.25) is 0 Å². The van der Waals surface area contributed by atoms with Gasteiger partial charge in [0.25, 0.3) is 0 Å². The first-order valence-electron chi connectivity index (χ1n) is 7.85. The summed E-state index contributed by atoms with van der Waals surface area (Å²) in [6, 6.07) is 21.3. The minimum Gasteiger partial charge on any atom is -1.00 e. The quantitative estimate of drug-likeness (QED) is 0.208. The SMILES string of the molecule is C[P]=[Zr+2].Cc1cc2c(Br)cccc2[cH-]1.Cc1cc2c(Br)cccc2[cH-]1.[Cl-].[Cl-]. The smallest absolute Gasteiger partial charge is 0.0262 e. The van der Waals surface area contributed by atoms with Gasteiger partial charge >= 0.3 is 35.7 Å². The van der Waals surface area contributed by atoms with E-state index >= 15 is 0 Å². The predicted molar refractivity (Wildman–Crippen MR) is 117 cm³/mol. The molecule has 0 aromatic heterocycles. The van der Waals surface area contributed by atoms with Gasteiger partial charge in [-0.2, -0.15) is 12.1 Å². The summed E-state index contributed by atoms with van der Waals surface area (Å²) in [4.78, 5) is 0. The van der Waals surface area contributed by atoms with Crippen molar-refractivity contribution in [2.45, 2.75) is 13.8 Å². The van der Waals surface area contributed by atoms with Crippen molar-refractivity contribution in [2.24, 2.45) is 0 Å². The van der Waals surface area contributed by atoms with Crippen LogP contribution in [0.5, 0.6) is 0 Å². The number of fused-ring (bicyclic) bond motifs is 2. The molecule has 0 heterocycles. The molecule has 0 aliphatic carbocycles. The van der Waals surface area contributed by atoms with E-state index in [0.29, 0.717) is 0 Å². The van der Waals surface area contributed by atoms with E-state index in [9.17, 15) is 0 Å². The molecule has 0 bridgehead atoms. The Morgan fingerprint density at radius 1 is 0.778 bits per heavy atom. The summed E-state index contributed by atoms with van der Waals surface area (Å²) in [7, 11) is 0. The monoisotopic (exact) mass is 620 g/mol. The predicted octanol–water partition coefficient (Wildman–Crippen LogP) is 2.29. The Bertz CT molecular complexity index is 914. The molecule has 0 spiro atoms. The van der Waals surface area contributed by atoms with Crippen LogP contribution in [-0.2, 0) is 23.6 Å². The van der Waals surface area contributed by atoms with Crippen LogP contribution < -0.4 is 24.8 Å². The van der Waals surface area contributed by atoms with Crippen LogP contribution in [-0.4, -0.2) is 6.66 Å². The number of halogens is 4. The first-order valence-corrected chi connectivity index (χ1v) is 14.1. The van der Waals surface area contributed by atoms with Crippen molar-refractivity contribution in [3.05, 3.63) is 80.7 Å². The average Bonchev–Trinajstić information content (AvgIpc) is 3.12. The summed E-state index contributed by atoms with van der Waals surface area (Å²) in [5, 5.41) is 6.76. The summed E-state index contributed by atoms with van der Waals surface area (Å²) >= 11 is 8.63. The van der Waals surface area contributed by atoms with Gasteiger partial charge in [-0.15, -0.1) is 69.1 Å². The van der Waals surface area contributed by atoms with Crippen LogP contribution in [0.15, 0.2) is 69.6 Å². The number of hydrogen-bond acceptors (Lipinski definition) is 0. The molecule has 0 aliphatic heterocycles. The maximum Gasteiger partial charge on any atom is -0.0262 e. The van der Waals surface area contributed by atoms with Gasteiger partial charge in [0.05, 0.1) is 0 Å². The molecule has 0 N–H and O–H groups in total. The summed E-state index contributed by atoms with van der Waals surface area (Å²) in [5.74, 6) is 0. The molecule has 4 aromatic carbocycles. The van der Waals surface area contributed by atoms with Crippen LogP contribution in [0.25, 0.3) is 21.5 Å². The molecular weight excluding hydrogens is 605 g/mol. The van der Waals surface area contributed by atoms with Gasteiger partial charge in [0, 0.05) is 0 Å². The first kappa shape index (κ1) is 27.4. The van der Waals surface area contributed by atoms with Crippen molar-refractivity contribution in [2.75, 3.05) is 6.66 Å². The van der Waals surface area contributed by atoms with Crippen molar-refractivity contribution in [3.63, 3.8) is 0 Å². The van der Waals surface area contributed by atoms with Crippen LogP contribution in [0, 0.1) is 13.8 Å². The van der Waals surface area contributed by atoms with E-state index in [1.54, 1.807) is 23.6 Å². The molecule has 0 fully saturated rings. The molecule has 0 aliphatic rings. The third-order valence-electron chi connectivity index (χ3n) is 3.68. The van der Waals surface area contributed by atoms with Crippen molar-refractivity contribution in [1.82, 2.24) is 0 Å². The van der Waals surface area contributed by atoms with Gasteiger partial charge in [0.15, 0.2) is 0 Å². The molecular formula is C21H19Br2Cl2PZr-2. The van der Waals surface area contributed by atoms with Crippen LogP contribution in [0.3, 0.4) is 0 Å². The molecule has 0 saturated heterocycles. The first-order chi connectivity index (χ1) is 12.0. The molecule has 0 amide bonds. The zero-order valence-electron chi connectivity index (χ0n) is 15.2. The van der Waals surface area contributed by atoms with E-state index in [-0.39, 0.29) is 24.8 Å². The van der Waals surface area contributed by atoms with Crippen molar-refractivity contribution >= 4 is 58.8 Å². The van der Waals surface area contributed by atoms with Crippen molar-refractivity contribution in [1.29, 1.82) is 0 Å². The molecule has 4 aromatic rings. The third kappa shape index (κ3) is 7.96. The Morgan fingerprint density at radius 2 is 1.11 bits per heavy atom. The average molecular weight is 624 g/mol. The summed E-state index contributed by atoms with van der Waals surface area (Å²) < 4.78 is 2.37. The van der Waals surface area contributed by atoms with Crippen LogP contribution in [0.1, 0.15) is 11.1 Å². The van der Waals surface area contributed by atoms with Crippen molar-refractivity contribution in [3.8, 4) is 0 Å². The van der Waals surface area contributed by atoms with Gasteiger partial charge < -0.3 is 24.8 Å². The zero-order valence-corrected chi connectivity index (χ0v) is 23.3. The number of aryl methyl sites for hydroxylation is 2. The van der Waals surface area contributed by atoms with E-state index in [0.717, 1.165) is 0 Å². The normalized spacial score (nSPS) is 9.59. The Balaban J connectivity index is 0.000000412. The maximum atomic E-state index is 3.51. The standard InChI is InChI=1S/2C10H8Br.CH3P.2ClH.Zr/c2*1-7-5-8-3-2-4-10(11)9(8)6-7;1-2;;;/h2*2-6H,1H3;1H3;2*1H;/q2*-1;;;;+2/p-2. The Labute approximate surface area is 206 Å². The number of rotatable bonds is 0. The summed E-state index contributed by atoms with van der Waals surface area (Å²) in [6.45, 7) is 6.37. The molecule has 0 unspecified atom stereocenters.